The Morgan fingerprint density at radius 3 is 2.43 bits per heavy atom. The number of halogens is 2. The van der Waals surface area contributed by atoms with Crippen molar-refractivity contribution in [1.29, 1.82) is 0 Å². The van der Waals surface area contributed by atoms with Crippen LogP contribution in [0.3, 0.4) is 0 Å². The van der Waals surface area contributed by atoms with E-state index in [1.54, 1.807) is 60.7 Å². The van der Waals surface area contributed by atoms with Gasteiger partial charge in [-0.15, -0.1) is 0 Å². The molecule has 2 bridgehead atoms. The van der Waals surface area contributed by atoms with Gasteiger partial charge in [-0.25, -0.2) is 23.1 Å². The summed E-state index contributed by atoms with van der Waals surface area (Å²) in [4.78, 5) is 47.5. The largest absolute Gasteiger partial charge is 0.438 e. The quantitative estimate of drug-likeness (QED) is 0.174. The van der Waals surface area contributed by atoms with Crippen LogP contribution < -0.4 is 11.4 Å². The van der Waals surface area contributed by atoms with Crippen molar-refractivity contribution in [1.82, 2.24) is 48.3 Å². The van der Waals surface area contributed by atoms with Crippen molar-refractivity contribution >= 4 is 27.7 Å². The fraction of sp³-hybridized carbons (Fsp3) is 0.375. The van der Waals surface area contributed by atoms with Gasteiger partial charge >= 0.3 is 11.4 Å². The second-order valence-corrected chi connectivity index (χ2v) is 19.0. The van der Waals surface area contributed by atoms with E-state index in [1.165, 1.54) is 27.1 Å². The molecule has 332 valence electrons. The van der Waals surface area contributed by atoms with Crippen LogP contribution in [0.5, 0.6) is 0 Å². The fourth-order valence-corrected chi connectivity index (χ4v) is 11.3. The predicted molar refractivity (Wildman–Crippen MR) is 235 cm³/mol. The highest BCUT2D eigenvalue weighted by atomic mass is 19.1. The number of aromatic nitrogens is 9. The molecule has 65 heavy (non-hydrogen) atoms. The highest BCUT2D eigenvalue weighted by molar-refractivity contribution is 6.00. The number of hydrogen-bond donors (Lipinski definition) is 1. The van der Waals surface area contributed by atoms with Crippen molar-refractivity contribution in [2.24, 2.45) is 7.05 Å². The van der Waals surface area contributed by atoms with Crippen LogP contribution in [0, 0.1) is 25.5 Å². The highest BCUT2D eigenvalue weighted by Gasteiger charge is 2.54. The first-order valence-corrected chi connectivity index (χ1v) is 22.2. The summed E-state index contributed by atoms with van der Waals surface area (Å²) in [6.07, 6.45) is 9.26. The van der Waals surface area contributed by atoms with Gasteiger partial charge in [0.1, 0.15) is 22.9 Å². The van der Waals surface area contributed by atoms with E-state index in [9.17, 15) is 9.59 Å². The lowest BCUT2D eigenvalue weighted by Crippen LogP contribution is -2.43. The minimum Gasteiger partial charge on any atom is -0.376 e. The summed E-state index contributed by atoms with van der Waals surface area (Å²) in [6, 6.07) is 14.3. The molecule has 0 unspecified atom stereocenters. The molecule has 8 aromatic rings. The normalized spacial score (nSPS) is 20.8. The molecule has 4 aliphatic rings. The molecule has 3 fully saturated rings. The van der Waals surface area contributed by atoms with E-state index < -0.39 is 28.8 Å². The molecular formula is C48H46F2N10O5. The molecule has 0 radical (unpaired) electrons. The van der Waals surface area contributed by atoms with E-state index in [-0.39, 0.29) is 40.4 Å². The molecular weight excluding hydrogens is 835 g/mol. The van der Waals surface area contributed by atoms with Crippen LogP contribution >= 0.6 is 0 Å². The maximum atomic E-state index is 16.2. The van der Waals surface area contributed by atoms with Crippen molar-refractivity contribution in [2.75, 3.05) is 6.61 Å². The number of aryl methyl sites for hydroxylation is 3. The molecule has 3 aromatic carbocycles. The van der Waals surface area contributed by atoms with Gasteiger partial charge in [-0.1, -0.05) is 11.2 Å². The molecule has 5 aromatic heterocycles. The summed E-state index contributed by atoms with van der Waals surface area (Å²) in [7, 11) is 1.72. The van der Waals surface area contributed by atoms with Crippen LogP contribution in [0.4, 0.5) is 8.78 Å². The van der Waals surface area contributed by atoms with Gasteiger partial charge in [0.2, 0.25) is 0 Å². The molecule has 12 rings (SSSR count). The third kappa shape index (κ3) is 5.86. The number of benzene rings is 3. The van der Waals surface area contributed by atoms with E-state index in [1.807, 2.05) is 15.5 Å². The fourth-order valence-electron chi connectivity index (χ4n) is 11.3. The summed E-state index contributed by atoms with van der Waals surface area (Å²) < 4.78 is 50.4. The summed E-state index contributed by atoms with van der Waals surface area (Å²) in [5.74, 6) is -0.756. The topological polar surface area (TPSA) is 156 Å². The molecule has 1 amide bonds. The van der Waals surface area contributed by atoms with Crippen LogP contribution in [0.15, 0.2) is 81.2 Å². The number of carbonyl (C=O) groups excluding carboxylic acids is 1. The molecule has 1 N–H and O–H groups in total. The zero-order valence-corrected chi connectivity index (χ0v) is 36.6. The van der Waals surface area contributed by atoms with Gasteiger partial charge in [-0.3, -0.25) is 28.1 Å². The SMILES string of the molecule is Cc1cc(-n2nc3c(c2-n2ccn(-c4ccc5c(cnn5C)c4F)c2=O)[C@@H]2CC[C@H](C3)N2C(=O)c2cc3cc([C@H]4CCOC(C)(C)C4)ccc3n2C2(c3noc(=O)[nH]3)CC2)cc(C)c1F. The van der Waals surface area contributed by atoms with E-state index in [2.05, 4.69) is 47.3 Å². The van der Waals surface area contributed by atoms with Gasteiger partial charge in [-0.05, 0) is 131 Å². The van der Waals surface area contributed by atoms with Gasteiger partial charge in [0.15, 0.2) is 11.6 Å². The van der Waals surface area contributed by atoms with Crippen LogP contribution in [0.25, 0.3) is 39.0 Å². The maximum absolute atomic E-state index is 16.2. The smallest absolute Gasteiger partial charge is 0.376 e. The van der Waals surface area contributed by atoms with Crippen LogP contribution in [-0.2, 0) is 23.7 Å². The van der Waals surface area contributed by atoms with Gasteiger partial charge < -0.3 is 14.2 Å². The van der Waals surface area contributed by atoms with Crippen LogP contribution in [0.2, 0.25) is 0 Å². The lowest BCUT2D eigenvalue weighted by molar-refractivity contribution is -0.0592. The molecule has 2 saturated heterocycles. The monoisotopic (exact) mass is 880 g/mol. The first-order chi connectivity index (χ1) is 31.2. The first kappa shape index (κ1) is 39.7. The Hall–Kier alpha value is -6.88. The Morgan fingerprint density at radius 1 is 0.923 bits per heavy atom. The summed E-state index contributed by atoms with van der Waals surface area (Å²) >= 11 is 0. The number of amides is 1. The molecule has 1 aliphatic carbocycles. The highest BCUT2D eigenvalue weighted by Crippen LogP contribution is 2.53. The standard InChI is InChI=1S/C48H46F2N10O5/c1-25-18-31(19-26(2)40(25)49)60-42(57-16-15-56(46(57)63)37-11-10-35-32(41(37)50)24-51-55(35)5)39-33(53-60)22-30-7-9-36(39)58(30)43(61)38-21-29-20-27(28-12-17-64-47(3,4)23-28)6-8-34(29)59(38)48(13-14-48)44-52-45(62)65-54-44/h6,8,10-11,15-16,18-21,24,28,30,36H,7,9,12-14,17,22-23H2,1-5H3,(H,52,54,62)/t28-,30+,36-/m0/s1. The minimum atomic E-state index is -0.806. The number of aromatic amines is 1. The molecule has 15 nitrogen and oxygen atoms in total. The molecule has 1 saturated carbocycles. The van der Waals surface area contributed by atoms with Gasteiger partial charge in [0.05, 0.1) is 45.8 Å². The Bertz CT molecular complexity index is 3410. The minimum absolute atomic E-state index is 0.0550. The van der Waals surface area contributed by atoms with Crippen LogP contribution in [0.1, 0.15) is 109 Å². The van der Waals surface area contributed by atoms with Crippen molar-refractivity contribution in [3.05, 3.63) is 139 Å². The number of ether oxygens (including phenoxy) is 1. The zero-order valence-electron chi connectivity index (χ0n) is 36.6. The summed E-state index contributed by atoms with van der Waals surface area (Å²) in [5, 5.41) is 14.7. The number of imidazole rings is 1. The lowest BCUT2D eigenvalue weighted by atomic mass is 9.83. The number of H-pyrrole nitrogens is 1. The summed E-state index contributed by atoms with van der Waals surface area (Å²) in [5.41, 5.74) is 4.28. The van der Waals surface area contributed by atoms with E-state index in [0.717, 1.165) is 29.4 Å². The zero-order chi connectivity index (χ0) is 44.8. The molecule has 0 spiro atoms. The second-order valence-electron chi connectivity index (χ2n) is 19.0. The first-order valence-electron chi connectivity index (χ1n) is 22.2. The summed E-state index contributed by atoms with van der Waals surface area (Å²) in [6.45, 7) is 8.26. The number of hydrogen-bond acceptors (Lipinski definition) is 8. The van der Waals surface area contributed by atoms with E-state index >= 15 is 13.6 Å². The van der Waals surface area contributed by atoms with E-state index in [4.69, 9.17) is 14.4 Å². The number of nitrogens with one attached hydrogen (secondary N) is 1. The maximum Gasteiger partial charge on any atom is 0.438 e. The van der Waals surface area contributed by atoms with Crippen molar-refractivity contribution in [2.45, 2.75) is 102 Å². The van der Waals surface area contributed by atoms with Crippen LogP contribution in [-0.4, -0.2) is 72.5 Å². The Morgan fingerprint density at radius 2 is 1.69 bits per heavy atom. The average molecular weight is 881 g/mol. The van der Waals surface area contributed by atoms with E-state index in [0.29, 0.717) is 83.9 Å². The third-order valence-electron chi connectivity index (χ3n) is 14.5. The number of fused-ring (bicyclic) bond motifs is 6. The van der Waals surface area contributed by atoms with Crippen molar-refractivity contribution < 1.29 is 22.8 Å². The second kappa shape index (κ2) is 13.8. The number of rotatable bonds is 7. The van der Waals surface area contributed by atoms with Gasteiger partial charge in [0, 0.05) is 55.0 Å². The predicted octanol–water partition coefficient (Wildman–Crippen LogP) is 7.34. The third-order valence-corrected chi connectivity index (χ3v) is 14.5. The Balaban J connectivity index is 1.01. The number of nitrogens with zero attached hydrogens (tertiary/aromatic N) is 9. The molecule has 3 atom stereocenters. The van der Waals surface area contributed by atoms with Gasteiger partial charge in [0.25, 0.3) is 5.91 Å². The Kier molecular flexibility index (Phi) is 8.43. The van der Waals surface area contributed by atoms with Crippen molar-refractivity contribution in [3.63, 3.8) is 0 Å². The molecule has 17 heteroatoms. The Labute approximate surface area is 369 Å². The molecule has 3 aliphatic heterocycles. The van der Waals surface area contributed by atoms with Gasteiger partial charge in [-0.2, -0.15) is 10.2 Å². The van der Waals surface area contributed by atoms with Crippen molar-refractivity contribution in [3.8, 4) is 17.2 Å². The number of carbonyl (C=O) groups is 1. The molecule has 8 heterocycles. The lowest BCUT2D eigenvalue weighted by Gasteiger charge is -2.35. The average Bonchev–Trinajstić information content (AvgIpc) is 3.85.